The van der Waals surface area contributed by atoms with E-state index in [1.165, 1.54) is 19.3 Å². The number of hydrogen-bond acceptors (Lipinski definition) is 2. The second kappa shape index (κ2) is 7.00. The number of hydrogen-bond donors (Lipinski definition) is 1. The van der Waals surface area contributed by atoms with Gasteiger partial charge in [-0.15, -0.1) is 12.3 Å². The van der Waals surface area contributed by atoms with Crippen molar-refractivity contribution in [2.24, 2.45) is 17.8 Å². The third kappa shape index (κ3) is 3.63. The first-order valence-corrected chi connectivity index (χ1v) is 12.1. The molecule has 4 bridgehead atoms. The third-order valence-electron chi connectivity index (χ3n) is 7.15. The van der Waals surface area contributed by atoms with Gasteiger partial charge in [0.2, 0.25) is 10.0 Å². The van der Waals surface area contributed by atoms with E-state index in [-0.39, 0.29) is 5.54 Å². The van der Waals surface area contributed by atoms with Crippen LogP contribution in [0.25, 0.3) is 11.1 Å². The Morgan fingerprint density at radius 3 is 1.83 bits per heavy atom. The Morgan fingerprint density at radius 2 is 1.34 bits per heavy atom. The normalized spacial score (nSPS) is 30.2. The highest BCUT2D eigenvalue weighted by atomic mass is 32.2. The molecular formula is C25H27NO2S. The Kier molecular flexibility index (Phi) is 4.57. The maximum Gasteiger partial charge on any atom is 0.241 e. The zero-order valence-corrected chi connectivity index (χ0v) is 17.4. The topological polar surface area (TPSA) is 46.2 Å². The maximum absolute atomic E-state index is 13.2. The van der Waals surface area contributed by atoms with E-state index in [1.54, 1.807) is 12.1 Å². The zero-order chi connectivity index (χ0) is 20.1. The van der Waals surface area contributed by atoms with E-state index >= 15 is 0 Å². The number of sulfonamides is 1. The van der Waals surface area contributed by atoms with Gasteiger partial charge in [-0.1, -0.05) is 36.4 Å². The van der Waals surface area contributed by atoms with Crippen molar-refractivity contribution < 1.29 is 8.42 Å². The molecule has 0 aromatic heterocycles. The van der Waals surface area contributed by atoms with Crippen LogP contribution in [0.3, 0.4) is 0 Å². The zero-order valence-electron chi connectivity index (χ0n) is 16.6. The molecule has 4 aliphatic rings. The Hall–Kier alpha value is -2.09. The quantitative estimate of drug-likeness (QED) is 0.728. The molecule has 0 radical (unpaired) electrons. The van der Waals surface area contributed by atoms with E-state index in [0.29, 0.717) is 29.1 Å². The van der Waals surface area contributed by atoms with Gasteiger partial charge in [0.05, 0.1) is 4.90 Å². The minimum Gasteiger partial charge on any atom is -0.207 e. The predicted molar refractivity (Wildman–Crippen MR) is 116 cm³/mol. The van der Waals surface area contributed by atoms with Crippen molar-refractivity contribution in [1.82, 2.24) is 4.72 Å². The Labute approximate surface area is 174 Å². The van der Waals surface area contributed by atoms with Gasteiger partial charge in [0, 0.05) is 12.0 Å². The van der Waals surface area contributed by atoms with Gasteiger partial charge in [-0.05, 0) is 85.1 Å². The summed E-state index contributed by atoms with van der Waals surface area (Å²) in [4.78, 5) is 0.362. The van der Waals surface area contributed by atoms with Crippen LogP contribution in [0.4, 0.5) is 0 Å². The van der Waals surface area contributed by atoms with Gasteiger partial charge in [-0.25, -0.2) is 13.1 Å². The van der Waals surface area contributed by atoms with Crippen molar-refractivity contribution >= 4 is 10.0 Å². The van der Waals surface area contributed by atoms with Gasteiger partial charge < -0.3 is 0 Å². The lowest BCUT2D eigenvalue weighted by atomic mass is 9.53. The summed E-state index contributed by atoms with van der Waals surface area (Å²) >= 11 is 0. The van der Waals surface area contributed by atoms with E-state index in [1.807, 2.05) is 36.4 Å². The first kappa shape index (κ1) is 18.9. The molecule has 150 valence electrons. The summed E-state index contributed by atoms with van der Waals surface area (Å²) in [6.45, 7) is 0. The van der Waals surface area contributed by atoms with Gasteiger partial charge in [0.1, 0.15) is 0 Å². The summed E-state index contributed by atoms with van der Waals surface area (Å²) in [5, 5.41) is 0. The fourth-order valence-corrected chi connectivity index (χ4v) is 7.77. The van der Waals surface area contributed by atoms with E-state index in [9.17, 15) is 8.42 Å². The Bertz CT molecular complexity index is 1010. The number of benzene rings is 2. The molecule has 0 aliphatic heterocycles. The van der Waals surface area contributed by atoms with Crippen molar-refractivity contribution in [3.8, 4) is 23.5 Å². The van der Waals surface area contributed by atoms with E-state index < -0.39 is 10.0 Å². The molecule has 0 unspecified atom stereocenters. The summed E-state index contributed by atoms with van der Waals surface area (Å²) in [6, 6.07) is 15.4. The molecular weight excluding hydrogens is 378 g/mol. The lowest BCUT2D eigenvalue weighted by Gasteiger charge is -2.56. The van der Waals surface area contributed by atoms with Crippen LogP contribution in [0, 0.1) is 30.1 Å². The fourth-order valence-electron chi connectivity index (χ4n) is 6.34. The standard InChI is InChI=1S/C25H27NO2S/c1-2-3-18-4-6-22(7-5-18)23-8-10-24(11-9-23)29(27,28)26-25-15-19-12-20(16-25)14-21(13-19)17-25/h1,4-11,19-21,26H,3,12-17H2. The number of nitrogens with one attached hydrogen (secondary N) is 1. The Morgan fingerprint density at radius 1 is 0.862 bits per heavy atom. The van der Waals surface area contributed by atoms with Crippen LogP contribution in [-0.2, 0) is 16.4 Å². The van der Waals surface area contributed by atoms with E-state index in [0.717, 1.165) is 36.0 Å². The molecule has 0 atom stereocenters. The summed E-state index contributed by atoms with van der Waals surface area (Å²) in [5.74, 6) is 4.78. The lowest BCUT2D eigenvalue weighted by Crippen LogP contribution is -2.59. The third-order valence-corrected chi connectivity index (χ3v) is 8.74. The van der Waals surface area contributed by atoms with Crippen LogP contribution in [-0.4, -0.2) is 14.0 Å². The molecule has 0 amide bonds. The first-order valence-electron chi connectivity index (χ1n) is 10.6. The molecule has 1 N–H and O–H groups in total. The lowest BCUT2D eigenvalue weighted by molar-refractivity contribution is -0.00810. The number of rotatable bonds is 5. The fraction of sp³-hybridized carbons (Fsp3) is 0.440. The van der Waals surface area contributed by atoms with Crippen molar-refractivity contribution in [3.63, 3.8) is 0 Å². The molecule has 0 heterocycles. The Balaban J connectivity index is 1.35. The molecule has 29 heavy (non-hydrogen) atoms. The van der Waals surface area contributed by atoms with Crippen LogP contribution in [0.1, 0.15) is 44.1 Å². The van der Waals surface area contributed by atoms with E-state index in [4.69, 9.17) is 6.42 Å². The monoisotopic (exact) mass is 405 g/mol. The highest BCUT2D eigenvalue weighted by Gasteiger charge is 2.52. The largest absolute Gasteiger partial charge is 0.241 e. The summed E-state index contributed by atoms with van der Waals surface area (Å²) in [6.07, 6.45) is 12.9. The second-order valence-corrected chi connectivity index (χ2v) is 11.1. The maximum atomic E-state index is 13.2. The smallest absolute Gasteiger partial charge is 0.207 e. The van der Waals surface area contributed by atoms with Crippen molar-refractivity contribution in [2.45, 2.75) is 55.4 Å². The van der Waals surface area contributed by atoms with Gasteiger partial charge in [-0.2, -0.15) is 0 Å². The second-order valence-electron chi connectivity index (χ2n) is 9.41. The highest BCUT2D eigenvalue weighted by Crippen LogP contribution is 2.55. The van der Waals surface area contributed by atoms with Gasteiger partial charge in [-0.3, -0.25) is 0 Å². The minimum atomic E-state index is -3.51. The molecule has 2 aromatic carbocycles. The molecule has 0 spiro atoms. The molecule has 6 rings (SSSR count). The van der Waals surface area contributed by atoms with Crippen molar-refractivity contribution in [1.29, 1.82) is 0 Å². The molecule has 4 saturated carbocycles. The predicted octanol–water partition coefficient (Wildman–Crippen LogP) is 4.78. The molecule has 4 aliphatic carbocycles. The average Bonchev–Trinajstić information content (AvgIpc) is 2.67. The SMILES string of the molecule is C#CCc1ccc(-c2ccc(S(=O)(=O)NC34CC5CC(CC(C5)C3)C4)cc2)cc1. The molecule has 0 saturated heterocycles. The van der Waals surface area contributed by atoms with Crippen LogP contribution in [0.5, 0.6) is 0 Å². The van der Waals surface area contributed by atoms with Crippen LogP contribution in [0.15, 0.2) is 53.4 Å². The number of terminal acetylenes is 1. The minimum absolute atomic E-state index is 0.209. The van der Waals surface area contributed by atoms with E-state index in [2.05, 4.69) is 10.6 Å². The van der Waals surface area contributed by atoms with Gasteiger partial charge in [0.25, 0.3) is 0 Å². The first-order chi connectivity index (χ1) is 13.9. The molecule has 3 nitrogen and oxygen atoms in total. The molecule has 4 fully saturated rings. The van der Waals surface area contributed by atoms with Gasteiger partial charge in [0.15, 0.2) is 0 Å². The van der Waals surface area contributed by atoms with Crippen LogP contribution < -0.4 is 4.72 Å². The summed E-state index contributed by atoms with van der Waals surface area (Å²) in [5.41, 5.74) is 2.96. The van der Waals surface area contributed by atoms with Crippen LogP contribution in [0.2, 0.25) is 0 Å². The average molecular weight is 406 g/mol. The molecule has 4 heteroatoms. The van der Waals surface area contributed by atoms with Crippen LogP contribution >= 0.6 is 0 Å². The molecule has 2 aromatic rings. The summed E-state index contributed by atoms with van der Waals surface area (Å²) in [7, 11) is -3.51. The summed E-state index contributed by atoms with van der Waals surface area (Å²) < 4.78 is 29.5. The van der Waals surface area contributed by atoms with Gasteiger partial charge >= 0.3 is 0 Å². The highest BCUT2D eigenvalue weighted by molar-refractivity contribution is 7.89. The van der Waals surface area contributed by atoms with Crippen molar-refractivity contribution in [3.05, 3.63) is 54.1 Å². The van der Waals surface area contributed by atoms with Crippen molar-refractivity contribution in [2.75, 3.05) is 0 Å².